The van der Waals surface area contributed by atoms with Crippen LogP contribution in [0.1, 0.15) is 43.9 Å². The van der Waals surface area contributed by atoms with E-state index >= 15 is 0 Å². The second kappa shape index (κ2) is 10.7. The standard InChI is InChI=1S/C23H34N8O2/c1-3-19-17(2)27-23(30-12-8-25-16-30)28-22(19)31-13-9-24-15-18(31)14-20(32)26-7-5-11-29-10-4-6-21(29)33/h8,12,16,18,24H,3-7,9-11,13-15H2,1-2H3,(H,26,32). The van der Waals surface area contributed by atoms with E-state index in [0.29, 0.717) is 31.9 Å². The van der Waals surface area contributed by atoms with Crippen LogP contribution in [-0.2, 0) is 16.0 Å². The molecule has 2 saturated heterocycles. The van der Waals surface area contributed by atoms with Crippen LogP contribution in [0.15, 0.2) is 18.7 Å². The van der Waals surface area contributed by atoms with E-state index in [2.05, 4.69) is 32.4 Å². The van der Waals surface area contributed by atoms with E-state index in [1.807, 2.05) is 22.6 Å². The summed E-state index contributed by atoms with van der Waals surface area (Å²) in [4.78, 5) is 42.3. The topological polar surface area (TPSA) is 108 Å². The van der Waals surface area contributed by atoms with Crippen LogP contribution in [0.4, 0.5) is 5.82 Å². The number of imidazole rings is 1. The van der Waals surface area contributed by atoms with Crippen LogP contribution in [0, 0.1) is 6.92 Å². The Kier molecular flexibility index (Phi) is 7.54. The maximum Gasteiger partial charge on any atom is 0.237 e. The van der Waals surface area contributed by atoms with E-state index in [9.17, 15) is 9.59 Å². The Balaban J connectivity index is 1.41. The fraction of sp³-hybridized carbons (Fsp3) is 0.609. The third-order valence-corrected chi connectivity index (χ3v) is 6.41. The summed E-state index contributed by atoms with van der Waals surface area (Å²) in [5.74, 6) is 1.75. The summed E-state index contributed by atoms with van der Waals surface area (Å²) < 4.78 is 1.81. The Hall–Kier alpha value is -3.01. The van der Waals surface area contributed by atoms with E-state index in [0.717, 1.165) is 62.5 Å². The summed E-state index contributed by atoms with van der Waals surface area (Å²) in [7, 11) is 0. The molecule has 0 spiro atoms. The van der Waals surface area contributed by atoms with Crippen molar-refractivity contribution in [3.8, 4) is 5.95 Å². The molecule has 0 aliphatic carbocycles. The van der Waals surface area contributed by atoms with Crippen LogP contribution in [0.5, 0.6) is 0 Å². The van der Waals surface area contributed by atoms with Gasteiger partial charge >= 0.3 is 0 Å². The normalized spacial score (nSPS) is 18.7. The van der Waals surface area contributed by atoms with Crippen LogP contribution in [0.3, 0.4) is 0 Å². The number of hydrogen-bond acceptors (Lipinski definition) is 7. The van der Waals surface area contributed by atoms with Gasteiger partial charge in [-0.2, -0.15) is 4.98 Å². The average Bonchev–Trinajstić information content (AvgIpc) is 3.49. The number of likely N-dealkylation sites (tertiary alicyclic amines) is 1. The summed E-state index contributed by atoms with van der Waals surface area (Å²) >= 11 is 0. The summed E-state index contributed by atoms with van der Waals surface area (Å²) in [6.07, 6.45) is 8.84. The SMILES string of the molecule is CCc1c(C)nc(-n2ccnc2)nc1N1CCNCC1CC(=O)NCCCN1CCCC1=O. The van der Waals surface area contributed by atoms with Crippen LogP contribution in [0.25, 0.3) is 5.95 Å². The highest BCUT2D eigenvalue weighted by molar-refractivity contribution is 5.78. The van der Waals surface area contributed by atoms with Gasteiger partial charge in [0.15, 0.2) is 0 Å². The molecule has 2 aliphatic heterocycles. The molecule has 0 bridgehead atoms. The zero-order valence-electron chi connectivity index (χ0n) is 19.6. The number of anilines is 1. The van der Waals surface area contributed by atoms with E-state index in [4.69, 9.17) is 4.98 Å². The maximum absolute atomic E-state index is 12.7. The lowest BCUT2D eigenvalue weighted by Gasteiger charge is -2.38. The molecule has 2 N–H and O–H groups in total. The van der Waals surface area contributed by atoms with Gasteiger partial charge < -0.3 is 20.4 Å². The number of amides is 2. The number of piperazine rings is 1. The third-order valence-electron chi connectivity index (χ3n) is 6.41. The molecule has 33 heavy (non-hydrogen) atoms. The van der Waals surface area contributed by atoms with Crippen molar-refractivity contribution in [2.24, 2.45) is 0 Å². The second-order valence-corrected chi connectivity index (χ2v) is 8.68. The number of aryl methyl sites for hydroxylation is 1. The van der Waals surface area contributed by atoms with E-state index in [-0.39, 0.29) is 17.9 Å². The molecule has 4 rings (SSSR count). The maximum atomic E-state index is 12.7. The van der Waals surface area contributed by atoms with Crippen molar-refractivity contribution < 1.29 is 9.59 Å². The lowest BCUT2D eigenvalue weighted by Crippen LogP contribution is -2.53. The first-order valence-corrected chi connectivity index (χ1v) is 11.9. The minimum atomic E-state index is 0.00847. The molecule has 2 fully saturated rings. The molecule has 2 amide bonds. The predicted octanol–water partition coefficient (Wildman–Crippen LogP) is 0.830. The number of aromatic nitrogens is 4. The van der Waals surface area contributed by atoms with Crippen molar-refractivity contribution in [1.82, 2.24) is 35.1 Å². The zero-order valence-corrected chi connectivity index (χ0v) is 19.6. The molecule has 0 saturated carbocycles. The summed E-state index contributed by atoms with van der Waals surface area (Å²) in [6.45, 7) is 8.61. The number of nitrogens with one attached hydrogen (secondary N) is 2. The number of carbonyl (C=O) groups is 2. The van der Waals surface area contributed by atoms with Gasteiger partial charge in [-0.1, -0.05) is 6.92 Å². The second-order valence-electron chi connectivity index (χ2n) is 8.68. The predicted molar refractivity (Wildman–Crippen MR) is 125 cm³/mol. The molecule has 10 heteroatoms. The van der Waals surface area contributed by atoms with Crippen LogP contribution < -0.4 is 15.5 Å². The quantitative estimate of drug-likeness (QED) is 0.540. The van der Waals surface area contributed by atoms with Gasteiger partial charge in [-0.15, -0.1) is 0 Å². The van der Waals surface area contributed by atoms with E-state index in [1.165, 1.54) is 0 Å². The van der Waals surface area contributed by atoms with E-state index in [1.54, 1.807) is 12.5 Å². The molecule has 2 aromatic rings. The smallest absolute Gasteiger partial charge is 0.237 e. The fourth-order valence-corrected chi connectivity index (χ4v) is 4.66. The van der Waals surface area contributed by atoms with Crippen LogP contribution in [0.2, 0.25) is 0 Å². The lowest BCUT2D eigenvalue weighted by molar-refractivity contribution is -0.127. The molecule has 4 heterocycles. The van der Waals surface area contributed by atoms with Gasteiger partial charge in [-0.05, 0) is 26.2 Å². The Morgan fingerprint density at radius 3 is 2.91 bits per heavy atom. The summed E-state index contributed by atoms with van der Waals surface area (Å²) in [5, 5.41) is 6.46. The largest absolute Gasteiger partial charge is 0.356 e. The molecular weight excluding hydrogens is 420 g/mol. The first kappa shape index (κ1) is 23.2. The van der Waals surface area contributed by atoms with Crippen molar-refractivity contribution >= 4 is 17.6 Å². The molecule has 2 aromatic heterocycles. The highest BCUT2D eigenvalue weighted by Gasteiger charge is 2.28. The Bertz CT molecular complexity index is 962. The van der Waals surface area contributed by atoms with Gasteiger partial charge in [-0.25, -0.2) is 9.97 Å². The molecule has 1 atom stereocenters. The highest BCUT2D eigenvalue weighted by atomic mass is 16.2. The molecule has 1 unspecified atom stereocenters. The molecule has 178 valence electrons. The van der Waals surface area contributed by atoms with Gasteiger partial charge in [0, 0.05) is 75.8 Å². The number of carbonyl (C=O) groups excluding carboxylic acids is 2. The van der Waals surface area contributed by atoms with Gasteiger partial charge in [0.1, 0.15) is 12.1 Å². The van der Waals surface area contributed by atoms with Crippen molar-refractivity contribution in [3.63, 3.8) is 0 Å². The fourth-order valence-electron chi connectivity index (χ4n) is 4.66. The van der Waals surface area contributed by atoms with Gasteiger partial charge in [0.25, 0.3) is 0 Å². The first-order valence-electron chi connectivity index (χ1n) is 11.9. The average molecular weight is 455 g/mol. The van der Waals surface area contributed by atoms with Crippen molar-refractivity contribution in [3.05, 3.63) is 30.0 Å². The van der Waals surface area contributed by atoms with Gasteiger partial charge in [0.2, 0.25) is 17.8 Å². The van der Waals surface area contributed by atoms with Gasteiger partial charge in [-0.3, -0.25) is 14.2 Å². The minimum Gasteiger partial charge on any atom is -0.356 e. The third kappa shape index (κ3) is 5.50. The molecule has 0 aromatic carbocycles. The molecule has 2 aliphatic rings. The molecule has 10 nitrogen and oxygen atoms in total. The van der Waals surface area contributed by atoms with Gasteiger partial charge in [0.05, 0.1) is 6.04 Å². The minimum absolute atomic E-state index is 0.00847. The Labute approximate surface area is 194 Å². The summed E-state index contributed by atoms with van der Waals surface area (Å²) in [6, 6.07) is 0.00847. The number of hydrogen-bond donors (Lipinski definition) is 2. The summed E-state index contributed by atoms with van der Waals surface area (Å²) in [5.41, 5.74) is 2.06. The van der Waals surface area contributed by atoms with Crippen molar-refractivity contribution in [2.75, 3.05) is 44.2 Å². The molecular formula is C23H34N8O2. The van der Waals surface area contributed by atoms with E-state index < -0.39 is 0 Å². The number of nitrogens with zero attached hydrogens (tertiary/aromatic N) is 6. The monoisotopic (exact) mass is 454 g/mol. The van der Waals surface area contributed by atoms with Crippen molar-refractivity contribution in [1.29, 1.82) is 0 Å². The van der Waals surface area contributed by atoms with Crippen LogP contribution in [-0.4, -0.2) is 81.5 Å². The Morgan fingerprint density at radius 1 is 1.30 bits per heavy atom. The van der Waals surface area contributed by atoms with Crippen LogP contribution >= 0.6 is 0 Å². The zero-order chi connectivity index (χ0) is 23.2. The first-order chi connectivity index (χ1) is 16.1. The lowest BCUT2D eigenvalue weighted by atomic mass is 10.1. The highest BCUT2D eigenvalue weighted by Crippen LogP contribution is 2.26. The molecule has 0 radical (unpaired) electrons. The van der Waals surface area contributed by atoms with Crippen molar-refractivity contribution in [2.45, 2.75) is 52.0 Å². The Morgan fingerprint density at radius 2 is 2.18 bits per heavy atom. The number of rotatable bonds is 9.